The van der Waals surface area contributed by atoms with Crippen molar-refractivity contribution in [1.29, 1.82) is 0 Å². The van der Waals surface area contributed by atoms with Gasteiger partial charge in [-0.25, -0.2) is 24.9 Å². The van der Waals surface area contributed by atoms with Gasteiger partial charge in [-0.2, -0.15) is 0 Å². The SMILES string of the molecule is CNc1ccc2n(c1=O)C(C(C)=O)CC2.CNc1ccc2n(c1=O)C(C(C)=O)CCC2.CNc1cnc2n(c1=O)C(C(C)=O)CC2.CNc1cnc2n(c1=O)C(C(C)=O)CCC2.CNc1cnc2n(c1=O)C(C(C)=O)CN2.CNc1cnc2n(c1=O)C(C(C)=O)CS2.CNc1cnc2n(c1=O)CC(C(C)=O)CS2. The fraction of sp³-hybridized carbons (Fsp3) is 0.486. The van der Waals surface area contributed by atoms with Crippen LogP contribution in [0.4, 0.5) is 45.8 Å². The molecule has 0 aliphatic carbocycles. The zero-order valence-electron chi connectivity index (χ0n) is 63.0. The van der Waals surface area contributed by atoms with Crippen LogP contribution in [0.25, 0.3) is 0 Å². The number of rotatable bonds is 14. The fourth-order valence-corrected chi connectivity index (χ4v) is 15.7. The predicted molar refractivity (Wildman–Crippen MR) is 416 cm³/mol. The van der Waals surface area contributed by atoms with E-state index in [0.717, 1.165) is 68.6 Å². The summed E-state index contributed by atoms with van der Waals surface area (Å²) >= 11 is 2.90. The number of nitrogens with one attached hydrogen (secondary N) is 8. The van der Waals surface area contributed by atoms with Crippen LogP contribution in [0.15, 0.2) is 99.1 Å². The van der Waals surface area contributed by atoms with Gasteiger partial charge in [0.25, 0.3) is 38.9 Å². The molecule has 36 heteroatoms. The second-order valence-electron chi connectivity index (χ2n) is 26.2. The Morgan fingerprint density at radius 3 is 1.21 bits per heavy atom. The molecular weight excluding hydrogens is 1430 g/mol. The Morgan fingerprint density at radius 1 is 0.361 bits per heavy atom. The molecule has 0 radical (unpaired) electrons. The Bertz CT molecular complexity index is 4600. The van der Waals surface area contributed by atoms with Crippen molar-refractivity contribution in [3.8, 4) is 0 Å². The zero-order chi connectivity index (χ0) is 79.1. The molecule has 7 atom stereocenters. The first-order valence-electron chi connectivity index (χ1n) is 35.3. The molecular formula is C72H94N20O14S2. The zero-order valence-corrected chi connectivity index (χ0v) is 64.7. The van der Waals surface area contributed by atoms with E-state index in [2.05, 4.69) is 67.5 Å². The second-order valence-corrected chi connectivity index (χ2v) is 28.2. The molecule has 34 nitrogen and oxygen atoms in total. The van der Waals surface area contributed by atoms with Crippen LogP contribution in [0, 0.1) is 5.92 Å². The van der Waals surface area contributed by atoms with Crippen LogP contribution in [-0.4, -0.2) is 165 Å². The predicted octanol–water partition coefficient (Wildman–Crippen LogP) is 4.39. The van der Waals surface area contributed by atoms with Crippen molar-refractivity contribution in [2.45, 2.75) is 166 Å². The van der Waals surface area contributed by atoms with Crippen molar-refractivity contribution in [3.05, 3.63) is 151 Å². The lowest BCUT2D eigenvalue weighted by atomic mass is 9.98. The molecule has 0 bridgehead atoms. The van der Waals surface area contributed by atoms with Crippen LogP contribution < -0.4 is 81.4 Å². The summed E-state index contributed by atoms with van der Waals surface area (Å²) in [7, 11) is 11.8. The molecule has 0 spiro atoms. The van der Waals surface area contributed by atoms with Gasteiger partial charge in [0, 0.05) is 104 Å². The monoisotopic (exact) mass is 1530 g/mol. The highest BCUT2D eigenvalue weighted by molar-refractivity contribution is 7.99. The first-order valence-corrected chi connectivity index (χ1v) is 37.3. The van der Waals surface area contributed by atoms with Crippen molar-refractivity contribution in [2.24, 2.45) is 5.92 Å². The van der Waals surface area contributed by atoms with Crippen molar-refractivity contribution in [1.82, 2.24) is 56.9 Å². The number of carbonyl (C=O) groups is 7. The lowest BCUT2D eigenvalue weighted by Gasteiger charge is -2.26. The number of thioether (sulfide) groups is 2. The average molecular weight is 1530 g/mol. The van der Waals surface area contributed by atoms with E-state index in [1.807, 2.05) is 12.1 Å². The van der Waals surface area contributed by atoms with Crippen LogP contribution in [0.1, 0.15) is 146 Å². The van der Waals surface area contributed by atoms with Crippen molar-refractivity contribution >= 4 is 110 Å². The number of nitrogens with zero attached hydrogens (tertiary/aromatic N) is 12. The summed E-state index contributed by atoms with van der Waals surface area (Å²) < 4.78 is 10.8. The average Bonchev–Trinajstić information content (AvgIpc) is 1.42. The first-order chi connectivity index (χ1) is 51.5. The van der Waals surface area contributed by atoms with Crippen LogP contribution in [0.3, 0.4) is 0 Å². The summed E-state index contributed by atoms with van der Waals surface area (Å²) in [6, 6.07) is 5.41. The minimum atomic E-state index is -0.437. The molecule has 0 aromatic carbocycles. The molecule has 0 fully saturated rings. The number of anilines is 8. The number of hydrogen-bond acceptors (Lipinski definition) is 29. The van der Waals surface area contributed by atoms with Crippen LogP contribution in [0.5, 0.6) is 0 Å². The summed E-state index contributed by atoms with van der Waals surface area (Å²) in [5.41, 5.74) is 4.23. The Kier molecular flexibility index (Phi) is 28.4. The minimum Gasteiger partial charge on any atom is -0.384 e. The summed E-state index contributed by atoms with van der Waals surface area (Å²) in [5, 5.41) is 23.8. The van der Waals surface area contributed by atoms with Crippen LogP contribution >= 0.6 is 23.5 Å². The molecule has 0 saturated carbocycles. The van der Waals surface area contributed by atoms with Gasteiger partial charge in [-0.05, 0) is 124 Å². The minimum absolute atomic E-state index is 0.00148. The third kappa shape index (κ3) is 18.2. The lowest BCUT2D eigenvalue weighted by Crippen LogP contribution is -2.36. The molecule has 14 rings (SSSR count). The molecule has 0 saturated heterocycles. The highest BCUT2D eigenvalue weighted by Gasteiger charge is 2.34. The number of pyridine rings is 2. The molecule has 7 aliphatic rings. The largest absolute Gasteiger partial charge is 0.384 e. The summed E-state index contributed by atoms with van der Waals surface area (Å²) in [6.07, 6.45) is 15.5. The molecule has 578 valence electrons. The maximum absolute atomic E-state index is 12.1. The Morgan fingerprint density at radius 2 is 0.731 bits per heavy atom. The van der Waals surface area contributed by atoms with Gasteiger partial charge in [0.2, 0.25) is 5.95 Å². The van der Waals surface area contributed by atoms with Crippen molar-refractivity contribution in [3.63, 3.8) is 0 Å². The van der Waals surface area contributed by atoms with Gasteiger partial charge < -0.3 is 51.7 Å². The van der Waals surface area contributed by atoms with E-state index in [9.17, 15) is 67.1 Å². The molecule has 7 aromatic rings. The van der Waals surface area contributed by atoms with Gasteiger partial charge in [0.05, 0.1) is 55.2 Å². The van der Waals surface area contributed by atoms with E-state index >= 15 is 0 Å². The van der Waals surface area contributed by atoms with Crippen molar-refractivity contribution < 1.29 is 33.6 Å². The highest BCUT2D eigenvalue weighted by atomic mass is 32.2. The molecule has 7 aliphatic heterocycles. The third-order valence-corrected chi connectivity index (χ3v) is 21.6. The Balaban J connectivity index is 0.000000159. The summed E-state index contributed by atoms with van der Waals surface area (Å²) in [6.45, 7) is 11.5. The maximum Gasteiger partial charge on any atom is 0.278 e. The molecule has 7 aromatic heterocycles. The normalized spacial score (nSPS) is 18.7. The number of aromatic nitrogens is 12. The molecule has 108 heavy (non-hydrogen) atoms. The van der Waals surface area contributed by atoms with E-state index in [4.69, 9.17) is 0 Å². The van der Waals surface area contributed by atoms with E-state index in [-0.39, 0.29) is 116 Å². The van der Waals surface area contributed by atoms with Crippen LogP contribution in [-0.2, 0) is 65.8 Å². The quantitative estimate of drug-likeness (QED) is 0.0700. The highest BCUT2D eigenvalue weighted by Crippen LogP contribution is 2.32. The van der Waals surface area contributed by atoms with Crippen molar-refractivity contribution in [2.75, 3.05) is 110 Å². The van der Waals surface area contributed by atoms with Gasteiger partial charge in [-0.15, -0.1) is 0 Å². The van der Waals surface area contributed by atoms with Gasteiger partial charge in [0.1, 0.15) is 69.3 Å². The van der Waals surface area contributed by atoms with Gasteiger partial charge >= 0.3 is 0 Å². The number of aryl methyl sites for hydroxylation is 4. The fourth-order valence-electron chi connectivity index (χ4n) is 13.4. The Hall–Kier alpha value is -10.9. The third-order valence-electron chi connectivity index (χ3n) is 19.4. The topological polar surface area (TPSA) is 434 Å². The number of ketones is 7. The first kappa shape index (κ1) is 82.7. The van der Waals surface area contributed by atoms with E-state index in [1.54, 1.807) is 89.0 Å². The molecule has 7 unspecified atom stereocenters. The number of Topliss-reactive ketones (excluding diaryl/α,β-unsaturated/α-hetero) is 7. The molecule has 8 N–H and O–H groups in total. The Labute approximate surface area is 629 Å². The van der Waals surface area contributed by atoms with Gasteiger partial charge in [0.15, 0.2) is 45.0 Å². The number of fused-ring (bicyclic) bond motifs is 7. The smallest absolute Gasteiger partial charge is 0.278 e. The van der Waals surface area contributed by atoms with E-state index in [0.29, 0.717) is 99.3 Å². The van der Waals surface area contributed by atoms with Crippen LogP contribution in [0.2, 0.25) is 0 Å². The second kappa shape index (κ2) is 37.1. The molecule has 14 heterocycles. The standard InChI is InChI=1S/C12H16N2O2.C11H15N3O2.C11H14N2O2.C10H13N3O2S.C10H13N3O2.C9H12N4O2.C9H11N3O2S/c1-8(15)11-5-3-4-9-6-7-10(13-2)12(16)14(9)11;1-7(15)9-4-3-5-10-13-6-8(12-2)11(16)14(9)10;1-7(14)10-6-4-8-3-5-9(12-2)11(15)13(8)10;1-6(14)7-4-13-9(15)8(11-2)3-12-10(13)16-5-7;1-6(14)8-3-4-9-12-5-7(11-2)10(15)13(8)9;1-5(14)7-4-12-9-11-3-6(10-2)8(15)13(7)9;1-5(13)7-4-15-9-11-3-6(10-2)8(14)12(7)9/h6-7,11,13H,3-5H2,1-2H3;6,9,12H,3-5H2,1-2H3;3,5,10,12H,4,6H2,1-2H3;3,7,11H,4-5H2,1-2H3;5,8,11H,3-4H2,1-2H3;3,7,10H,4H2,1-2H3,(H,11,12);3,7,10H,4H2,1-2H3. The maximum atomic E-state index is 12.1. The number of carbonyl (C=O) groups excluding carboxylic acids is 7. The number of hydrogen-bond donors (Lipinski definition) is 8. The summed E-state index contributed by atoms with van der Waals surface area (Å²) in [5.74, 6) is 3.37. The van der Waals surface area contributed by atoms with E-state index < -0.39 is 6.04 Å². The summed E-state index contributed by atoms with van der Waals surface area (Å²) in [4.78, 5) is 184. The van der Waals surface area contributed by atoms with E-state index in [1.165, 1.54) is 107 Å². The molecule has 0 amide bonds. The van der Waals surface area contributed by atoms with Gasteiger partial charge in [-0.1, -0.05) is 23.5 Å². The lowest BCUT2D eigenvalue weighted by molar-refractivity contribution is -0.121. The van der Waals surface area contributed by atoms with Gasteiger partial charge in [-0.3, -0.25) is 90.0 Å².